The van der Waals surface area contributed by atoms with E-state index in [1.165, 1.54) is 6.07 Å². The first kappa shape index (κ1) is 14.5. The molecule has 0 saturated carbocycles. The van der Waals surface area contributed by atoms with Gasteiger partial charge in [-0.05, 0) is 35.7 Å². The van der Waals surface area contributed by atoms with E-state index in [0.717, 1.165) is 5.56 Å². The molecule has 2 aromatic carbocycles. The SMILES string of the molecule is NNC(Cc1ccc(Br)cc1F)c1ccccc1Cl. The van der Waals surface area contributed by atoms with Gasteiger partial charge in [-0.3, -0.25) is 11.3 Å². The number of hydrogen-bond acceptors (Lipinski definition) is 2. The van der Waals surface area contributed by atoms with Gasteiger partial charge in [-0.25, -0.2) is 4.39 Å². The Balaban J connectivity index is 2.27. The summed E-state index contributed by atoms with van der Waals surface area (Å²) in [6, 6.07) is 12.1. The summed E-state index contributed by atoms with van der Waals surface area (Å²) in [6.45, 7) is 0. The van der Waals surface area contributed by atoms with Crippen molar-refractivity contribution >= 4 is 27.5 Å². The molecule has 0 spiro atoms. The first-order chi connectivity index (χ1) is 9.11. The highest BCUT2D eigenvalue weighted by atomic mass is 79.9. The zero-order valence-corrected chi connectivity index (χ0v) is 12.4. The topological polar surface area (TPSA) is 38.0 Å². The third-order valence-corrected chi connectivity index (χ3v) is 3.76. The molecule has 0 aromatic heterocycles. The fourth-order valence-corrected chi connectivity index (χ4v) is 2.52. The molecule has 3 N–H and O–H groups in total. The highest BCUT2D eigenvalue weighted by Gasteiger charge is 2.15. The van der Waals surface area contributed by atoms with Crippen LogP contribution in [0.1, 0.15) is 17.2 Å². The van der Waals surface area contributed by atoms with Crippen LogP contribution in [0.3, 0.4) is 0 Å². The Kier molecular flexibility index (Phi) is 4.93. The summed E-state index contributed by atoms with van der Waals surface area (Å²) in [5.41, 5.74) is 4.13. The van der Waals surface area contributed by atoms with E-state index >= 15 is 0 Å². The zero-order chi connectivity index (χ0) is 13.8. The second kappa shape index (κ2) is 6.48. The molecule has 0 aliphatic heterocycles. The van der Waals surface area contributed by atoms with Crippen molar-refractivity contribution in [3.8, 4) is 0 Å². The molecule has 0 bridgehead atoms. The van der Waals surface area contributed by atoms with Crippen LogP contribution >= 0.6 is 27.5 Å². The highest BCUT2D eigenvalue weighted by molar-refractivity contribution is 9.10. The van der Waals surface area contributed by atoms with Crippen LogP contribution in [0, 0.1) is 5.82 Å². The maximum Gasteiger partial charge on any atom is 0.127 e. The van der Waals surface area contributed by atoms with Gasteiger partial charge in [0.05, 0.1) is 6.04 Å². The van der Waals surface area contributed by atoms with Gasteiger partial charge in [0.25, 0.3) is 0 Å². The minimum atomic E-state index is -0.262. The van der Waals surface area contributed by atoms with Crippen LogP contribution in [0.4, 0.5) is 4.39 Å². The van der Waals surface area contributed by atoms with Crippen LogP contribution in [-0.4, -0.2) is 0 Å². The molecule has 5 heteroatoms. The molecule has 0 saturated heterocycles. The Hall–Kier alpha value is -0.940. The summed E-state index contributed by atoms with van der Waals surface area (Å²) >= 11 is 9.37. The van der Waals surface area contributed by atoms with Crippen LogP contribution in [-0.2, 0) is 6.42 Å². The van der Waals surface area contributed by atoms with Crippen LogP contribution in [0.2, 0.25) is 5.02 Å². The van der Waals surface area contributed by atoms with Gasteiger partial charge in [0.1, 0.15) is 5.82 Å². The van der Waals surface area contributed by atoms with Crippen molar-refractivity contribution in [3.05, 3.63) is 68.9 Å². The van der Waals surface area contributed by atoms with Gasteiger partial charge < -0.3 is 0 Å². The predicted octanol–water partition coefficient (Wildman–Crippen LogP) is 3.99. The first-order valence-electron chi connectivity index (χ1n) is 5.76. The average Bonchev–Trinajstić information content (AvgIpc) is 2.39. The standard InChI is InChI=1S/C14H13BrClFN2/c15-10-6-5-9(13(17)8-10)7-14(19-18)11-3-1-2-4-12(11)16/h1-6,8,14,19H,7,18H2. The summed E-state index contributed by atoms with van der Waals surface area (Å²) in [6.07, 6.45) is 0.430. The van der Waals surface area contributed by atoms with Gasteiger partial charge in [0, 0.05) is 9.50 Å². The predicted molar refractivity (Wildman–Crippen MR) is 79.3 cm³/mol. The average molecular weight is 344 g/mol. The number of nitrogens with two attached hydrogens (primary N) is 1. The molecule has 2 aromatic rings. The minimum absolute atomic E-state index is 0.232. The smallest absolute Gasteiger partial charge is 0.127 e. The molecule has 0 aliphatic carbocycles. The van der Waals surface area contributed by atoms with Crippen molar-refractivity contribution in [3.63, 3.8) is 0 Å². The number of benzene rings is 2. The second-order valence-corrected chi connectivity index (χ2v) is 5.50. The molecule has 1 unspecified atom stereocenters. The van der Waals surface area contributed by atoms with Crippen molar-refractivity contribution in [1.29, 1.82) is 0 Å². The molecule has 0 heterocycles. The second-order valence-electron chi connectivity index (χ2n) is 4.18. The van der Waals surface area contributed by atoms with E-state index in [4.69, 9.17) is 17.4 Å². The summed E-state index contributed by atoms with van der Waals surface area (Å²) in [4.78, 5) is 0. The quantitative estimate of drug-likeness (QED) is 0.651. The van der Waals surface area contributed by atoms with Crippen LogP contribution in [0.25, 0.3) is 0 Å². The molecular formula is C14H13BrClFN2. The molecule has 2 nitrogen and oxygen atoms in total. The molecule has 0 radical (unpaired) electrons. The van der Waals surface area contributed by atoms with Gasteiger partial charge in [-0.1, -0.05) is 51.8 Å². The fraction of sp³-hybridized carbons (Fsp3) is 0.143. The fourth-order valence-electron chi connectivity index (χ4n) is 1.92. The number of nitrogens with one attached hydrogen (secondary N) is 1. The van der Waals surface area contributed by atoms with E-state index in [-0.39, 0.29) is 11.9 Å². The molecule has 0 amide bonds. The molecule has 0 fully saturated rings. The largest absolute Gasteiger partial charge is 0.271 e. The third kappa shape index (κ3) is 3.54. The Morgan fingerprint density at radius 2 is 2.00 bits per heavy atom. The molecular weight excluding hydrogens is 331 g/mol. The zero-order valence-electron chi connectivity index (χ0n) is 10.0. The lowest BCUT2D eigenvalue weighted by molar-refractivity contribution is 0.529. The lowest BCUT2D eigenvalue weighted by Gasteiger charge is -2.18. The van der Waals surface area contributed by atoms with E-state index < -0.39 is 0 Å². The maximum atomic E-state index is 13.8. The van der Waals surface area contributed by atoms with Gasteiger partial charge in [0.2, 0.25) is 0 Å². The van der Waals surface area contributed by atoms with Gasteiger partial charge in [0.15, 0.2) is 0 Å². The van der Waals surface area contributed by atoms with E-state index in [1.807, 2.05) is 18.2 Å². The summed E-state index contributed by atoms with van der Waals surface area (Å²) in [5.74, 6) is 5.30. The van der Waals surface area contributed by atoms with Gasteiger partial charge in [-0.15, -0.1) is 0 Å². The number of rotatable bonds is 4. The van der Waals surface area contributed by atoms with Crippen molar-refractivity contribution in [2.45, 2.75) is 12.5 Å². The lowest BCUT2D eigenvalue weighted by atomic mass is 9.99. The Morgan fingerprint density at radius 3 is 2.63 bits per heavy atom. The Bertz CT molecular complexity index is 577. The molecule has 100 valence electrons. The monoisotopic (exact) mass is 342 g/mol. The van der Waals surface area contributed by atoms with Crippen LogP contribution in [0.15, 0.2) is 46.9 Å². The molecule has 19 heavy (non-hydrogen) atoms. The lowest BCUT2D eigenvalue weighted by Crippen LogP contribution is -2.30. The van der Waals surface area contributed by atoms with Gasteiger partial charge in [-0.2, -0.15) is 0 Å². The number of hydrogen-bond donors (Lipinski definition) is 2. The maximum absolute atomic E-state index is 13.8. The van der Waals surface area contributed by atoms with Crippen molar-refractivity contribution in [1.82, 2.24) is 5.43 Å². The Labute approximate surface area is 124 Å². The molecule has 1 atom stereocenters. The minimum Gasteiger partial charge on any atom is -0.271 e. The van der Waals surface area contributed by atoms with E-state index in [1.54, 1.807) is 18.2 Å². The van der Waals surface area contributed by atoms with E-state index in [0.29, 0.717) is 21.5 Å². The van der Waals surface area contributed by atoms with Crippen molar-refractivity contribution in [2.24, 2.45) is 5.84 Å². The number of hydrazine groups is 1. The van der Waals surface area contributed by atoms with Crippen LogP contribution < -0.4 is 11.3 Å². The Morgan fingerprint density at radius 1 is 1.26 bits per heavy atom. The van der Waals surface area contributed by atoms with E-state index in [2.05, 4.69) is 21.4 Å². The van der Waals surface area contributed by atoms with Crippen molar-refractivity contribution < 1.29 is 4.39 Å². The van der Waals surface area contributed by atoms with E-state index in [9.17, 15) is 4.39 Å². The summed E-state index contributed by atoms with van der Waals surface area (Å²) < 4.78 is 14.5. The summed E-state index contributed by atoms with van der Waals surface area (Å²) in [5, 5.41) is 0.614. The summed E-state index contributed by atoms with van der Waals surface area (Å²) in [7, 11) is 0. The molecule has 2 rings (SSSR count). The van der Waals surface area contributed by atoms with Crippen molar-refractivity contribution in [2.75, 3.05) is 0 Å². The van der Waals surface area contributed by atoms with Crippen LogP contribution in [0.5, 0.6) is 0 Å². The van der Waals surface area contributed by atoms with Gasteiger partial charge >= 0.3 is 0 Å². The third-order valence-electron chi connectivity index (χ3n) is 2.92. The molecule has 0 aliphatic rings. The number of halogens is 3. The normalized spacial score (nSPS) is 12.4. The first-order valence-corrected chi connectivity index (χ1v) is 6.93. The highest BCUT2D eigenvalue weighted by Crippen LogP contribution is 2.26.